The minimum absolute atomic E-state index is 0.121. The van der Waals surface area contributed by atoms with Crippen molar-refractivity contribution in [3.8, 4) is 6.07 Å². The molecule has 160 valence electrons. The zero-order valence-corrected chi connectivity index (χ0v) is 17.6. The third-order valence-corrected chi connectivity index (χ3v) is 4.64. The second kappa shape index (κ2) is 10.0. The number of nitrogens with one attached hydrogen (secondary N) is 1. The number of rotatable bonds is 10. The number of carbonyl (C=O) groups excluding carboxylic acids is 1. The van der Waals surface area contributed by atoms with Crippen molar-refractivity contribution in [3.05, 3.63) is 10.1 Å². The van der Waals surface area contributed by atoms with Gasteiger partial charge >= 0.3 is 6.09 Å². The van der Waals surface area contributed by atoms with Crippen LogP contribution in [0.5, 0.6) is 0 Å². The van der Waals surface area contributed by atoms with Crippen molar-refractivity contribution in [2.24, 2.45) is 0 Å². The molecule has 0 aromatic rings. The average molecular weight is 399 g/mol. The summed E-state index contributed by atoms with van der Waals surface area (Å²) in [4.78, 5) is 23.4. The lowest BCUT2D eigenvalue weighted by atomic mass is 9.79. The van der Waals surface area contributed by atoms with Crippen molar-refractivity contribution < 1.29 is 23.9 Å². The molecule has 0 spiro atoms. The minimum atomic E-state index is -1.64. The quantitative estimate of drug-likeness (QED) is 0.338. The van der Waals surface area contributed by atoms with Gasteiger partial charge in [0, 0.05) is 24.3 Å². The molecule has 1 N–H and O–H groups in total. The summed E-state index contributed by atoms with van der Waals surface area (Å²) in [5, 5.41) is 24.1. The lowest BCUT2D eigenvalue weighted by Crippen LogP contribution is -2.60. The number of amides is 1. The number of nitrogens with zero attached hydrogens (tertiary/aromatic N) is 2. The Labute approximate surface area is 166 Å². The summed E-state index contributed by atoms with van der Waals surface area (Å²) in [6.07, 6.45) is 0.956. The van der Waals surface area contributed by atoms with Gasteiger partial charge < -0.3 is 19.5 Å². The molecule has 1 saturated heterocycles. The maximum Gasteiger partial charge on any atom is 0.407 e. The SMILES string of the molecule is CCCC1(C(CC#N)(CCCCNC(=O)OC(C)(C)C)[N+](=O)[O-])OCC(C)O1. The zero-order chi connectivity index (χ0) is 21.4. The highest BCUT2D eigenvalue weighted by molar-refractivity contribution is 5.67. The molecule has 0 bridgehead atoms. The fourth-order valence-electron chi connectivity index (χ4n) is 3.47. The molecule has 0 radical (unpaired) electrons. The Morgan fingerprint density at radius 1 is 1.43 bits per heavy atom. The Hall–Kier alpha value is -1.92. The first-order valence-electron chi connectivity index (χ1n) is 9.82. The summed E-state index contributed by atoms with van der Waals surface area (Å²) >= 11 is 0. The Balaban J connectivity index is 2.79. The molecule has 1 fully saturated rings. The van der Waals surface area contributed by atoms with Crippen LogP contribution < -0.4 is 5.32 Å². The van der Waals surface area contributed by atoms with E-state index in [-0.39, 0.29) is 25.6 Å². The highest BCUT2D eigenvalue weighted by Crippen LogP contribution is 2.44. The summed E-state index contributed by atoms with van der Waals surface area (Å²) in [6, 6.07) is 1.96. The number of ether oxygens (including phenoxy) is 3. The topological polar surface area (TPSA) is 124 Å². The van der Waals surface area contributed by atoms with Crippen molar-refractivity contribution in [1.82, 2.24) is 5.32 Å². The number of nitro groups is 1. The van der Waals surface area contributed by atoms with Gasteiger partial charge in [-0.25, -0.2) is 4.79 Å². The van der Waals surface area contributed by atoms with Gasteiger partial charge in [0.1, 0.15) is 12.0 Å². The van der Waals surface area contributed by atoms with Crippen LogP contribution in [0.3, 0.4) is 0 Å². The first-order chi connectivity index (χ1) is 13.0. The highest BCUT2D eigenvalue weighted by Gasteiger charge is 2.65. The first kappa shape index (κ1) is 24.1. The predicted octanol–water partition coefficient (Wildman–Crippen LogP) is 3.54. The Bertz CT molecular complexity index is 581. The summed E-state index contributed by atoms with van der Waals surface area (Å²) < 4.78 is 16.9. The molecule has 1 heterocycles. The molecule has 1 aliphatic heterocycles. The standard InChI is InChI=1S/C19H33N3O6/c1-6-9-19(26-14-15(2)27-19)18(11-12-20,22(24)25)10-7-8-13-21-16(23)28-17(3,4)5/h15H,6-11,13-14H2,1-5H3,(H,21,23). The molecular formula is C19H33N3O6. The third kappa shape index (κ3) is 6.04. The number of carbonyl (C=O) groups is 1. The molecule has 28 heavy (non-hydrogen) atoms. The van der Waals surface area contributed by atoms with E-state index >= 15 is 0 Å². The second-order valence-corrected chi connectivity index (χ2v) is 8.25. The van der Waals surface area contributed by atoms with Crippen molar-refractivity contribution >= 4 is 6.09 Å². The second-order valence-electron chi connectivity index (χ2n) is 8.25. The van der Waals surface area contributed by atoms with Gasteiger partial charge in [-0.15, -0.1) is 0 Å². The van der Waals surface area contributed by atoms with Gasteiger partial charge in [0.25, 0.3) is 5.54 Å². The molecule has 0 aliphatic carbocycles. The lowest BCUT2D eigenvalue weighted by molar-refractivity contribution is -0.612. The van der Waals surface area contributed by atoms with Gasteiger partial charge in [-0.3, -0.25) is 10.1 Å². The Kier molecular flexibility index (Phi) is 8.64. The summed E-state index contributed by atoms with van der Waals surface area (Å²) in [5.41, 5.74) is -2.23. The van der Waals surface area contributed by atoms with E-state index in [4.69, 9.17) is 14.2 Å². The maximum absolute atomic E-state index is 12.1. The number of alkyl carbamates (subject to hydrolysis) is 1. The summed E-state index contributed by atoms with van der Waals surface area (Å²) in [6.45, 7) is 9.62. The molecule has 0 aromatic carbocycles. The fraction of sp³-hybridized carbons (Fsp3) is 0.895. The number of nitriles is 1. The van der Waals surface area contributed by atoms with Crippen LogP contribution in [0, 0.1) is 21.4 Å². The summed E-state index contributed by atoms with van der Waals surface area (Å²) in [7, 11) is 0. The van der Waals surface area contributed by atoms with E-state index in [1.807, 2.05) is 13.0 Å². The van der Waals surface area contributed by atoms with Crippen LogP contribution in [0.25, 0.3) is 0 Å². The molecule has 1 aliphatic rings. The maximum atomic E-state index is 12.1. The van der Waals surface area contributed by atoms with E-state index in [0.29, 0.717) is 32.2 Å². The van der Waals surface area contributed by atoms with Crippen molar-refractivity contribution in [1.29, 1.82) is 5.26 Å². The lowest BCUT2D eigenvalue weighted by Gasteiger charge is -2.38. The fourth-order valence-corrected chi connectivity index (χ4v) is 3.47. The van der Waals surface area contributed by atoms with Crippen molar-refractivity contribution in [2.75, 3.05) is 13.2 Å². The van der Waals surface area contributed by atoms with E-state index in [1.165, 1.54) is 0 Å². The van der Waals surface area contributed by atoms with Crippen LogP contribution in [0.15, 0.2) is 0 Å². The number of unbranched alkanes of at least 4 members (excludes halogenated alkanes) is 1. The molecule has 1 rings (SSSR count). The first-order valence-corrected chi connectivity index (χ1v) is 9.82. The van der Waals surface area contributed by atoms with E-state index < -0.39 is 27.9 Å². The molecule has 1 amide bonds. The largest absolute Gasteiger partial charge is 0.444 e. The molecule has 3 unspecified atom stereocenters. The minimum Gasteiger partial charge on any atom is -0.444 e. The van der Waals surface area contributed by atoms with E-state index in [1.54, 1.807) is 27.7 Å². The van der Waals surface area contributed by atoms with Gasteiger partial charge in [0.05, 0.1) is 18.8 Å². The van der Waals surface area contributed by atoms with Crippen LogP contribution >= 0.6 is 0 Å². The smallest absolute Gasteiger partial charge is 0.407 e. The van der Waals surface area contributed by atoms with Crippen LogP contribution in [-0.4, -0.2) is 47.2 Å². The number of hydrogen-bond donors (Lipinski definition) is 1. The van der Waals surface area contributed by atoms with Crippen LogP contribution in [0.1, 0.15) is 73.1 Å². The van der Waals surface area contributed by atoms with E-state index in [9.17, 15) is 20.2 Å². The zero-order valence-electron chi connectivity index (χ0n) is 17.6. The predicted molar refractivity (Wildman–Crippen MR) is 102 cm³/mol. The molecule has 0 aromatic heterocycles. The van der Waals surface area contributed by atoms with Crippen LogP contribution in [0.2, 0.25) is 0 Å². The normalized spacial score (nSPS) is 24.2. The Morgan fingerprint density at radius 2 is 2.11 bits per heavy atom. The molecule has 9 heteroatoms. The van der Waals surface area contributed by atoms with Gasteiger partial charge in [0.15, 0.2) is 0 Å². The van der Waals surface area contributed by atoms with E-state index in [0.717, 1.165) is 0 Å². The van der Waals surface area contributed by atoms with E-state index in [2.05, 4.69) is 5.32 Å². The van der Waals surface area contributed by atoms with Gasteiger partial charge in [-0.2, -0.15) is 5.26 Å². The molecule has 9 nitrogen and oxygen atoms in total. The molecule has 3 atom stereocenters. The van der Waals surface area contributed by atoms with Crippen molar-refractivity contribution in [3.63, 3.8) is 0 Å². The number of hydrogen-bond acceptors (Lipinski definition) is 7. The Morgan fingerprint density at radius 3 is 2.57 bits per heavy atom. The summed E-state index contributed by atoms with van der Waals surface area (Å²) in [5.74, 6) is -1.40. The van der Waals surface area contributed by atoms with Gasteiger partial charge in [-0.05, 0) is 40.5 Å². The van der Waals surface area contributed by atoms with Crippen LogP contribution in [0.4, 0.5) is 4.79 Å². The third-order valence-electron chi connectivity index (χ3n) is 4.64. The van der Waals surface area contributed by atoms with Gasteiger partial charge in [0.2, 0.25) is 5.79 Å². The van der Waals surface area contributed by atoms with Crippen molar-refractivity contribution in [2.45, 2.75) is 96.2 Å². The molecular weight excluding hydrogens is 366 g/mol. The van der Waals surface area contributed by atoms with Gasteiger partial charge in [-0.1, -0.05) is 13.3 Å². The molecule has 0 saturated carbocycles. The monoisotopic (exact) mass is 399 g/mol. The highest BCUT2D eigenvalue weighted by atomic mass is 16.8. The average Bonchev–Trinajstić information content (AvgIpc) is 2.94. The van der Waals surface area contributed by atoms with Crippen LogP contribution in [-0.2, 0) is 14.2 Å².